The highest BCUT2D eigenvalue weighted by Crippen LogP contribution is 2.51. The van der Waals surface area contributed by atoms with E-state index in [1.807, 2.05) is 0 Å². The first-order valence-corrected chi connectivity index (χ1v) is 9.20. The van der Waals surface area contributed by atoms with Gasteiger partial charge in [-0.15, -0.1) is 11.8 Å². The Morgan fingerprint density at radius 2 is 1.57 bits per heavy atom. The van der Waals surface area contributed by atoms with Gasteiger partial charge in [-0.3, -0.25) is 10.1 Å². The monoisotopic (exact) mass is 351 g/mol. The minimum atomic E-state index is -3.34. The Labute approximate surface area is 137 Å². The lowest BCUT2D eigenvalue weighted by molar-refractivity contribution is -0.384. The average Bonchev–Trinajstić information content (AvgIpc) is 3.28. The number of ether oxygens (including phenoxy) is 1. The second kappa shape index (κ2) is 5.54. The number of thioether (sulfide) groups is 1. The maximum atomic E-state index is 12.4. The Morgan fingerprint density at radius 3 is 2.00 bits per heavy atom. The van der Waals surface area contributed by atoms with E-state index in [9.17, 15) is 18.5 Å². The molecule has 8 heteroatoms. The van der Waals surface area contributed by atoms with Crippen molar-refractivity contribution in [2.24, 2.45) is 0 Å². The van der Waals surface area contributed by atoms with Gasteiger partial charge >= 0.3 is 0 Å². The third-order valence-corrected chi connectivity index (χ3v) is 8.03. The van der Waals surface area contributed by atoms with E-state index < -0.39 is 18.8 Å². The predicted molar refractivity (Wildman–Crippen MR) is 87.7 cm³/mol. The zero-order valence-corrected chi connectivity index (χ0v) is 13.8. The van der Waals surface area contributed by atoms with Crippen LogP contribution in [-0.4, -0.2) is 23.2 Å². The summed E-state index contributed by atoms with van der Waals surface area (Å²) in [4.78, 5) is 10.4. The van der Waals surface area contributed by atoms with Gasteiger partial charge in [0.25, 0.3) is 5.69 Å². The molecule has 1 unspecified atom stereocenters. The molecule has 1 aliphatic heterocycles. The lowest BCUT2D eigenvalue weighted by atomic mass is 10.3. The summed E-state index contributed by atoms with van der Waals surface area (Å²) in [6.07, 6.45) is 0. The molecule has 23 heavy (non-hydrogen) atoms. The quantitative estimate of drug-likeness (QED) is 0.464. The molecule has 2 aromatic carbocycles. The van der Waals surface area contributed by atoms with E-state index in [4.69, 9.17) is 4.74 Å². The summed E-state index contributed by atoms with van der Waals surface area (Å²) >= 11 is 1.41. The van der Waals surface area contributed by atoms with Crippen molar-refractivity contribution in [3.63, 3.8) is 0 Å². The van der Waals surface area contributed by atoms with Crippen molar-refractivity contribution in [1.82, 2.24) is 0 Å². The van der Waals surface area contributed by atoms with Gasteiger partial charge in [0.15, 0.2) is 9.84 Å². The van der Waals surface area contributed by atoms with E-state index in [0.717, 1.165) is 0 Å². The van der Waals surface area contributed by atoms with Gasteiger partial charge in [-0.1, -0.05) is 0 Å². The van der Waals surface area contributed by atoms with E-state index in [2.05, 4.69) is 0 Å². The van der Waals surface area contributed by atoms with Gasteiger partial charge in [0.1, 0.15) is 15.6 Å². The van der Waals surface area contributed by atoms with Crippen LogP contribution in [0.5, 0.6) is 11.5 Å². The van der Waals surface area contributed by atoms with E-state index in [1.165, 1.54) is 48.2 Å². The molecule has 0 aliphatic carbocycles. The topological polar surface area (TPSA) is 86.5 Å². The maximum absolute atomic E-state index is 12.4. The molecular formula is C15H13NO5S2. The van der Waals surface area contributed by atoms with Crippen LogP contribution in [0.15, 0.2) is 53.4 Å². The molecule has 6 nitrogen and oxygen atoms in total. The lowest BCUT2D eigenvalue weighted by Gasteiger charge is -2.10. The highest BCUT2D eigenvalue weighted by Gasteiger charge is 2.52. The van der Waals surface area contributed by atoms with Crippen LogP contribution in [-0.2, 0) is 9.84 Å². The van der Waals surface area contributed by atoms with Gasteiger partial charge in [-0.25, -0.2) is 8.42 Å². The van der Waals surface area contributed by atoms with Crippen molar-refractivity contribution in [1.29, 1.82) is 0 Å². The van der Waals surface area contributed by atoms with Crippen molar-refractivity contribution < 1.29 is 18.1 Å². The molecule has 1 aliphatic rings. The summed E-state index contributed by atoms with van der Waals surface area (Å²) in [5.74, 6) is 1.51. The van der Waals surface area contributed by atoms with Crippen molar-refractivity contribution in [3.8, 4) is 11.5 Å². The molecule has 1 heterocycles. The number of benzene rings is 2. The van der Waals surface area contributed by atoms with Crippen LogP contribution in [0.25, 0.3) is 0 Å². The van der Waals surface area contributed by atoms with Crippen molar-refractivity contribution in [2.75, 3.05) is 5.75 Å². The summed E-state index contributed by atoms with van der Waals surface area (Å²) in [6, 6.07) is 11.9. The maximum Gasteiger partial charge on any atom is 0.269 e. The molecule has 0 bridgehead atoms. The van der Waals surface area contributed by atoms with Gasteiger partial charge in [-0.2, -0.15) is 0 Å². The molecule has 0 radical (unpaired) electrons. The Morgan fingerprint density at radius 1 is 1.09 bits per heavy atom. The van der Waals surface area contributed by atoms with Crippen LogP contribution in [0.3, 0.4) is 0 Å². The number of nitro benzene ring substituents is 1. The summed E-state index contributed by atoms with van der Waals surface area (Å²) in [7, 11) is -3.34. The van der Waals surface area contributed by atoms with Crippen molar-refractivity contribution >= 4 is 27.3 Å². The van der Waals surface area contributed by atoms with E-state index in [-0.39, 0.29) is 10.6 Å². The number of hydrogen-bond donors (Lipinski definition) is 0. The van der Waals surface area contributed by atoms with Crippen LogP contribution < -0.4 is 4.74 Å². The molecule has 2 aromatic rings. The number of nitro groups is 1. The molecule has 1 atom stereocenters. The second-order valence-corrected chi connectivity index (χ2v) is 9.37. The number of nitrogens with zero attached hydrogens (tertiary/aromatic N) is 1. The summed E-state index contributed by atoms with van der Waals surface area (Å²) in [5, 5.41) is 10.6. The van der Waals surface area contributed by atoms with Gasteiger partial charge < -0.3 is 4.74 Å². The fraction of sp³-hybridized carbons (Fsp3) is 0.200. The van der Waals surface area contributed by atoms with Gasteiger partial charge in [-0.05, 0) is 43.3 Å². The number of sulfone groups is 1. The zero-order valence-electron chi connectivity index (χ0n) is 12.1. The van der Waals surface area contributed by atoms with Gasteiger partial charge in [0, 0.05) is 17.9 Å². The minimum absolute atomic E-state index is 0.0195. The normalized spacial score (nSPS) is 20.0. The largest absolute Gasteiger partial charge is 0.457 e. The molecule has 0 N–H and O–H groups in total. The first kappa shape index (κ1) is 15.8. The third kappa shape index (κ3) is 3.04. The van der Waals surface area contributed by atoms with E-state index in [1.54, 1.807) is 19.1 Å². The summed E-state index contributed by atoms with van der Waals surface area (Å²) in [5.41, 5.74) is -0.0195. The lowest BCUT2D eigenvalue weighted by Crippen LogP contribution is -2.19. The standard InChI is InChI=1S/C15H13NO5S2/c1-15(10-22-15)23(19,20)14-8-6-13(7-9-14)21-12-4-2-11(3-5-12)16(17)18/h2-9H,10H2,1H3. The van der Waals surface area contributed by atoms with Gasteiger partial charge in [0.2, 0.25) is 0 Å². The van der Waals surface area contributed by atoms with Crippen LogP contribution in [0.4, 0.5) is 5.69 Å². The third-order valence-electron chi connectivity index (χ3n) is 3.54. The average molecular weight is 351 g/mol. The smallest absolute Gasteiger partial charge is 0.269 e. The van der Waals surface area contributed by atoms with Crippen LogP contribution in [0.1, 0.15) is 6.92 Å². The number of non-ortho nitro benzene ring substituents is 1. The van der Waals surface area contributed by atoms with E-state index in [0.29, 0.717) is 17.3 Å². The second-order valence-electron chi connectivity index (χ2n) is 5.25. The molecule has 0 spiro atoms. The molecule has 1 saturated heterocycles. The fourth-order valence-corrected chi connectivity index (χ4v) is 4.87. The Hall–Kier alpha value is -2.06. The molecule has 3 rings (SSSR count). The number of rotatable bonds is 5. The van der Waals surface area contributed by atoms with E-state index >= 15 is 0 Å². The minimum Gasteiger partial charge on any atom is -0.457 e. The Balaban J connectivity index is 1.76. The Bertz CT molecular complexity index is 840. The van der Waals surface area contributed by atoms with Crippen LogP contribution in [0.2, 0.25) is 0 Å². The molecule has 0 aromatic heterocycles. The fourth-order valence-electron chi connectivity index (χ4n) is 1.96. The Kier molecular flexibility index (Phi) is 3.81. The molecule has 0 amide bonds. The highest BCUT2D eigenvalue weighted by atomic mass is 32.3. The predicted octanol–water partition coefficient (Wildman–Crippen LogP) is 3.62. The number of hydrogen-bond acceptors (Lipinski definition) is 6. The summed E-state index contributed by atoms with van der Waals surface area (Å²) < 4.78 is 29.6. The molecule has 1 fully saturated rings. The highest BCUT2D eigenvalue weighted by molar-refractivity contribution is 8.21. The molecular weight excluding hydrogens is 338 g/mol. The zero-order chi connectivity index (χ0) is 16.7. The first-order chi connectivity index (χ1) is 10.8. The summed E-state index contributed by atoms with van der Waals surface area (Å²) in [6.45, 7) is 1.72. The van der Waals surface area contributed by atoms with Crippen molar-refractivity contribution in [2.45, 2.75) is 15.9 Å². The molecule has 0 saturated carbocycles. The SMILES string of the molecule is CC1(S(=O)(=O)c2ccc(Oc3ccc([N+](=O)[O-])cc3)cc2)CS1. The van der Waals surface area contributed by atoms with Crippen molar-refractivity contribution in [3.05, 3.63) is 58.6 Å². The first-order valence-electron chi connectivity index (χ1n) is 6.73. The van der Waals surface area contributed by atoms with Gasteiger partial charge in [0.05, 0.1) is 9.82 Å². The van der Waals surface area contributed by atoms with Crippen LogP contribution >= 0.6 is 11.8 Å². The molecule has 120 valence electrons. The van der Waals surface area contributed by atoms with Crippen LogP contribution in [0, 0.1) is 10.1 Å².